The first-order valence-corrected chi connectivity index (χ1v) is 7.08. The van der Waals surface area contributed by atoms with Gasteiger partial charge in [0.05, 0.1) is 6.04 Å². The van der Waals surface area contributed by atoms with E-state index in [2.05, 4.69) is 31.2 Å². The summed E-state index contributed by atoms with van der Waals surface area (Å²) in [7, 11) is 0. The van der Waals surface area contributed by atoms with Crippen LogP contribution in [0, 0.1) is 0 Å². The van der Waals surface area contributed by atoms with Crippen molar-refractivity contribution < 1.29 is 0 Å². The van der Waals surface area contributed by atoms with Crippen molar-refractivity contribution >= 4 is 27.3 Å². The van der Waals surface area contributed by atoms with E-state index in [1.54, 1.807) is 6.20 Å². The molecule has 0 radical (unpaired) electrons. The summed E-state index contributed by atoms with van der Waals surface area (Å²) in [6, 6.07) is 0.299. The van der Waals surface area contributed by atoms with E-state index in [4.69, 9.17) is 5.73 Å². The molecule has 2 aromatic heterocycles. The molecule has 2 aromatic rings. The second-order valence-corrected chi connectivity index (χ2v) is 5.40. The van der Waals surface area contributed by atoms with Crippen molar-refractivity contribution in [2.45, 2.75) is 31.7 Å². The minimum Gasteiger partial charge on any atom is -0.382 e. The third kappa shape index (κ3) is 1.99. The van der Waals surface area contributed by atoms with E-state index in [-0.39, 0.29) is 0 Å². The van der Waals surface area contributed by atoms with Gasteiger partial charge in [0.2, 0.25) is 0 Å². The largest absolute Gasteiger partial charge is 0.382 e. The van der Waals surface area contributed by atoms with Crippen molar-refractivity contribution in [1.29, 1.82) is 0 Å². The molecule has 1 atom stereocenters. The number of anilines is 1. The summed E-state index contributed by atoms with van der Waals surface area (Å²) in [5.41, 5.74) is 6.77. The number of hydrogen-bond acceptors (Lipinski definition) is 4. The molecule has 0 spiro atoms. The van der Waals surface area contributed by atoms with Crippen LogP contribution in [0.4, 0.5) is 5.82 Å². The zero-order valence-corrected chi connectivity index (χ0v) is 11.7. The van der Waals surface area contributed by atoms with Crippen LogP contribution in [-0.2, 0) is 0 Å². The summed E-state index contributed by atoms with van der Waals surface area (Å²) in [5, 5.41) is 3.56. The number of imidazole rings is 1. The molecule has 1 saturated heterocycles. The Bertz CT molecular complexity index is 557. The highest BCUT2D eigenvalue weighted by molar-refractivity contribution is 9.10. The Hall–Kier alpha value is -1.14. The second kappa shape index (κ2) is 4.85. The lowest BCUT2D eigenvalue weighted by Crippen LogP contribution is -2.22. The van der Waals surface area contributed by atoms with Crippen molar-refractivity contribution in [1.82, 2.24) is 19.7 Å². The van der Waals surface area contributed by atoms with Gasteiger partial charge in [0.1, 0.15) is 15.9 Å². The first kappa shape index (κ1) is 11.9. The van der Waals surface area contributed by atoms with Crippen LogP contribution in [0.5, 0.6) is 0 Å². The lowest BCUT2D eigenvalue weighted by molar-refractivity contribution is 0.505. The van der Waals surface area contributed by atoms with Crippen LogP contribution in [-0.4, -0.2) is 20.9 Å². The van der Waals surface area contributed by atoms with Crippen molar-refractivity contribution in [3.8, 4) is 0 Å². The second-order valence-electron chi connectivity index (χ2n) is 4.65. The van der Waals surface area contributed by atoms with Gasteiger partial charge < -0.3 is 11.1 Å². The van der Waals surface area contributed by atoms with E-state index in [9.17, 15) is 0 Å². The molecule has 96 valence electrons. The maximum atomic E-state index is 5.91. The Balaban J connectivity index is 2.08. The van der Waals surface area contributed by atoms with Gasteiger partial charge in [0.25, 0.3) is 0 Å². The highest BCUT2D eigenvalue weighted by Gasteiger charge is 2.21. The van der Waals surface area contributed by atoms with Gasteiger partial charge in [0, 0.05) is 12.4 Å². The molecular formula is C12H16BrN5. The molecule has 1 aliphatic rings. The average Bonchev–Trinajstić information content (AvgIpc) is 2.56. The zero-order valence-electron chi connectivity index (χ0n) is 10.1. The molecule has 6 heteroatoms. The quantitative estimate of drug-likeness (QED) is 0.848. The average molecular weight is 310 g/mol. The van der Waals surface area contributed by atoms with E-state index in [0.29, 0.717) is 11.9 Å². The first-order valence-electron chi connectivity index (χ1n) is 6.28. The molecule has 3 heterocycles. The van der Waals surface area contributed by atoms with Crippen molar-refractivity contribution in [3.63, 3.8) is 0 Å². The molecule has 1 unspecified atom stereocenters. The first-order chi connectivity index (χ1) is 8.77. The Labute approximate surface area is 114 Å². The number of rotatable bonds is 1. The normalized spacial score (nSPS) is 21.1. The standard InChI is InChI=1S/C12H16BrN5/c13-10-9-11(14)16-6-7-18(9)12(17-10)8-4-2-1-3-5-15-8/h6-8,15H,1-5H2,(H2,14,16). The molecule has 0 bridgehead atoms. The molecular weight excluding hydrogens is 294 g/mol. The summed E-state index contributed by atoms with van der Waals surface area (Å²) in [5.74, 6) is 1.53. The topological polar surface area (TPSA) is 68.2 Å². The highest BCUT2D eigenvalue weighted by atomic mass is 79.9. The predicted molar refractivity (Wildman–Crippen MR) is 74.3 cm³/mol. The number of nitrogen functional groups attached to an aromatic ring is 1. The molecule has 18 heavy (non-hydrogen) atoms. The lowest BCUT2D eigenvalue weighted by atomic mass is 10.1. The molecule has 0 saturated carbocycles. The number of fused-ring (bicyclic) bond motifs is 1. The van der Waals surface area contributed by atoms with Gasteiger partial charge in [-0.15, -0.1) is 0 Å². The van der Waals surface area contributed by atoms with E-state index in [1.807, 2.05) is 10.6 Å². The minimum atomic E-state index is 0.299. The molecule has 1 fully saturated rings. The zero-order chi connectivity index (χ0) is 12.5. The third-order valence-corrected chi connectivity index (χ3v) is 3.99. The number of hydrogen-bond donors (Lipinski definition) is 2. The van der Waals surface area contributed by atoms with Crippen LogP contribution in [0.25, 0.3) is 5.52 Å². The SMILES string of the molecule is Nc1nccn2c(C3CCCCCN3)nc(Br)c12. The monoisotopic (exact) mass is 309 g/mol. The van der Waals surface area contributed by atoms with E-state index < -0.39 is 0 Å². The summed E-state index contributed by atoms with van der Waals surface area (Å²) < 4.78 is 2.81. The fraction of sp³-hybridized carbons (Fsp3) is 0.500. The molecule has 0 aromatic carbocycles. The smallest absolute Gasteiger partial charge is 0.150 e. The van der Waals surface area contributed by atoms with Crippen LogP contribution in [0.2, 0.25) is 0 Å². The maximum Gasteiger partial charge on any atom is 0.150 e. The van der Waals surface area contributed by atoms with Crippen LogP contribution < -0.4 is 11.1 Å². The van der Waals surface area contributed by atoms with Crippen molar-refractivity contribution in [3.05, 3.63) is 22.8 Å². The highest BCUT2D eigenvalue weighted by Crippen LogP contribution is 2.28. The van der Waals surface area contributed by atoms with E-state index in [0.717, 1.165) is 28.9 Å². The fourth-order valence-electron chi connectivity index (χ4n) is 2.54. The van der Waals surface area contributed by atoms with Gasteiger partial charge in [-0.3, -0.25) is 4.40 Å². The number of nitrogens with zero attached hydrogens (tertiary/aromatic N) is 3. The molecule has 0 aliphatic carbocycles. The van der Waals surface area contributed by atoms with E-state index >= 15 is 0 Å². The summed E-state index contributed by atoms with van der Waals surface area (Å²) in [6.45, 7) is 1.05. The van der Waals surface area contributed by atoms with Crippen LogP contribution in [0.3, 0.4) is 0 Å². The Morgan fingerprint density at radius 3 is 3.17 bits per heavy atom. The van der Waals surface area contributed by atoms with Crippen molar-refractivity contribution in [2.75, 3.05) is 12.3 Å². The summed E-state index contributed by atoms with van der Waals surface area (Å²) in [4.78, 5) is 8.72. The molecule has 3 N–H and O–H groups in total. The van der Waals surface area contributed by atoms with Crippen molar-refractivity contribution in [2.24, 2.45) is 0 Å². The predicted octanol–water partition coefficient (Wildman–Crippen LogP) is 2.28. The van der Waals surface area contributed by atoms with Gasteiger partial charge in [-0.05, 0) is 35.3 Å². The van der Waals surface area contributed by atoms with Crippen LogP contribution >= 0.6 is 15.9 Å². The molecule has 0 amide bonds. The number of nitrogens with two attached hydrogens (primary N) is 1. The van der Waals surface area contributed by atoms with Gasteiger partial charge in [0.15, 0.2) is 5.82 Å². The number of aromatic nitrogens is 3. The van der Waals surface area contributed by atoms with Gasteiger partial charge in [-0.1, -0.05) is 12.8 Å². The summed E-state index contributed by atoms with van der Waals surface area (Å²) in [6.07, 6.45) is 8.53. The van der Waals surface area contributed by atoms with Crippen LogP contribution in [0.15, 0.2) is 17.0 Å². The maximum absolute atomic E-state index is 5.91. The Kier molecular flexibility index (Phi) is 3.22. The number of nitrogens with one attached hydrogen (secondary N) is 1. The van der Waals surface area contributed by atoms with Gasteiger partial charge in [-0.2, -0.15) is 0 Å². The summed E-state index contributed by atoms with van der Waals surface area (Å²) >= 11 is 3.47. The fourth-order valence-corrected chi connectivity index (χ4v) is 3.11. The molecule has 5 nitrogen and oxygen atoms in total. The van der Waals surface area contributed by atoms with Gasteiger partial charge in [-0.25, -0.2) is 9.97 Å². The third-order valence-electron chi connectivity index (χ3n) is 3.44. The Morgan fingerprint density at radius 1 is 1.39 bits per heavy atom. The Morgan fingerprint density at radius 2 is 2.28 bits per heavy atom. The molecule has 1 aliphatic heterocycles. The lowest BCUT2D eigenvalue weighted by Gasteiger charge is -2.14. The number of halogens is 1. The van der Waals surface area contributed by atoms with E-state index in [1.165, 1.54) is 19.3 Å². The van der Waals surface area contributed by atoms with Gasteiger partial charge >= 0.3 is 0 Å². The molecule has 3 rings (SSSR count). The van der Waals surface area contributed by atoms with Crippen LogP contribution in [0.1, 0.15) is 37.5 Å². The minimum absolute atomic E-state index is 0.299.